The highest BCUT2D eigenvalue weighted by Gasteiger charge is 2.26. The Labute approximate surface area is 129 Å². The highest BCUT2D eigenvalue weighted by Crippen LogP contribution is 2.16. The smallest absolute Gasteiger partial charge is 0.241 e. The van der Waals surface area contributed by atoms with Crippen molar-refractivity contribution in [1.29, 1.82) is 0 Å². The zero-order chi connectivity index (χ0) is 16.2. The molecule has 2 rings (SSSR count). The van der Waals surface area contributed by atoms with E-state index in [0.29, 0.717) is 18.7 Å². The maximum atomic E-state index is 12.3. The molecule has 1 fully saturated rings. The van der Waals surface area contributed by atoms with Gasteiger partial charge in [0.25, 0.3) is 0 Å². The molecule has 8 heteroatoms. The Bertz CT molecular complexity index is 655. The summed E-state index contributed by atoms with van der Waals surface area (Å²) in [6, 6.07) is 5.04. The van der Waals surface area contributed by atoms with E-state index in [2.05, 4.69) is 15.4 Å². The second-order valence-corrected chi connectivity index (χ2v) is 6.88. The minimum absolute atomic E-state index is 0.0543. The van der Waals surface area contributed by atoms with E-state index in [9.17, 15) is 18.0 Å². The van der Waals surface area contributed by atoms with E-state index in [-0.39, 0.29) is 16.7 Å². The van der Waals surface area contributed by atoms with Gasteiger partial charge in [0.05, 0.1) is 4.90 Å². The summed E-state index contributed by atoms with van der Waals surface area (Å²) in [7, 11) is -3.78. The molecule has 1 atom stereocenters. The molecule has 1 heterocycles. The zero-order valence-electron chi connectivity index (χ0n) is 12.3. The lowest BCUT2D eigenvalue weighted by Crippen LogP contribution is -2.45. The number of nitrogens with one attached hydrogen (secondary N) is 3. The molecule has 0 saturated carbocycles. The van der Waals surface area contributed by atoms with Crippen LogP contribution in [0.15, 0.2) is 29.2 Å². The van der Waals surface area contributed by atoms with Crippen molar-refractivity contribution in [3.63, 3.8) is 0 Å². The van der Waals surface area contributed by atoms with Gasteiger partial charge in [0.1, 0.15) is 6.04 Å². The van der Waals surface area contributed by atoms with Crippen molar-refractivity contribution in [1.82, 2.24) is 10.0 Å². The van der Waals surface area contributed by atoms with Crippen LogP contribution in [0, 0.1) is 0 Å². The first-order valence-corrected chi connectivity index (χ1v) is 8.54. The largest absolute Gasteiger partial charge is 0.355 e. The predicted octanol–water partition coefficient (Wildman–Crippen LogP) is 0.592. The monoisotopic (exact) mass is 325 g/mol. The van der Waals surface area contributed by atoms with Crippen LogP contribution in [0.3, 0.4) is 0 Å². The molecule has 0 bridgehead atoms. The highest BCUT2D eigenvalue weighted by atomic mass is 32.2. The second kappa shape index (κ2) is 6.89. The summed E-state index contributed by atoms with van der Waals surface area (Å²) in [6.07, 6.45) is 2.11. The number of carbonyl (C=O) groups excluding carboxylic acids is 2. The lowest BCUT2D eigenvalue weighted by Gasteiger charge is -2.15. The van der Waals surface area contributed by atoms with E-state index < -0.39 is 16.1 Å². The van der Waals surface area contributed by atoms with Crippen molar-refractivity contribution in [3.8, 4) is 0 Å². The molecule has 1 saturated heterocycles. The standard InChI is InChI=1S/C14H19N3O4S/c1-10(18)16-11-5-7-12(8-6-11)22(20,21)17-13-4-2-3-9-15-14(13)19/h5-8,13,17H,2-4,9H2,1H3,(H,15,19)(H,16,18). The van der Waals surface area contributed by atoms with E-state index in [1.54, 1.807) is 0 Å². The van der Waals surface area contributed by atoms with Gasteiger partial charge in [-0.15, -0.1) is 0 Å². The van der Waals surface area contributed by atoms with Gasteiger partial charge in [0.2, 0.25) is 21.8 Å². The molecule has 1 aliphatic heterocycles. The first-order chi connectivity index (χ1) is 10.4. The minimum Gasteiger partial charge on any atom is -0.355 e. The summed E-state index contributed by atoms with van der Waals surface area (Å²) in [5, 5.41) is 5.25. The molecule has 1 unspecified atom stereocenters. The van der Waals surface area contributed by atoms with Crippen LogP contribution in [-0.4, -0.2) is 32.8 Å². The molecule has 0 aliphatic carbocycles. The Morgan fingerprint density at radius 2 is 1.91 bits per heavy atom. The lowest BCUT2D eigenvalue weighted by atomic mass is 10.1. The summed E-state index contributed by atoms with van der Waals surface area (Å²) in [4.78, 5) is 22.8. The average Bonchev–Trinajstić information content (AvgIpc) is 2.64. The Morgan fingerprint density at radius 1 is 1.23 bits per heavy atom. The van der Waals surface area contributed by atoms with Crippen LogP contribution in [0.1, 0.15) is 26.2 Å². The first kappa shape index (κ1) is 16.4. The van der Waals surface area contributed by atoms with Crippen molar-refractivity contribution < 1.29 is 18.0 Å². The van der Waals surface area contributed by atoms with E-state index >= 15 is 0 Å². The Hall–Kier alpha value is -1.93. The number of anilines is 1. The molecule has 1 aliphatic rings. The minimum atomic E-state index is -3.78. The highest BCUT2D eigenvalue weighted by molar-refractivity contribution is 7.89. The van der Waals surface area contributed by atoms with Gasteiger partial charge in [-0.3, -0.25) is 9.59 Å². The normalized spacial score (nSPS) is 19.1. The van der Waals surface area contributed by atoms with Gasteiger partial charge in [-0.05, 0) is 43.5 Å². The van der Waals surface area contributed by atoms with Crippen molar-refractivity contribution in [3.05, 3.63) is 24.3 Å². The predicted molar refractivity (Wildman–Crippen MR) is 81.7 cm³/mol. The quantitative estimate of drug-likeness (QED) is 0.753. The fraction of sp³-hybridized carbons (Fsp3) is 0.429. The molecule has 120 valence electrons. The summed E-state index contributed by atoms with van der Waals surface area (Å²) in [5.74, 6) is -0.528. The van der Waals surface area contributed by atoms with Gasteiger partial charge >= 0.3 is 0 Å². The van der Waals surface area contributed by atoms with Crippen LogP contribution >= 0.6 is 0 Å². The Balaban J connectivity index is 2.12. The third-order valence-electron chi connectivity index (χ3n) is 3.32. The van der Waals surface area contributed by atoms with Crippen LogP contribution < -0.4 is 15.4 Å². The van der Waals surface area contributed by atoms with Crippen LogP contribution in [-0.2, 0) is 19.6 Å². The second-order valence-electron chi connectivity index (χ2n) is 5.17. The van der Waals surface area contributed by atoms with Crippen LogP contribution in [0.25, 0.3) is 0 Å². The van der Waals surface area contributed by atoms with Gasteiger partial charge in [0, 0.05) is 19.2 Å². The van der Waals surface area contributed by atoms with E-state index in [0.717, 1.165) is 12.8 Å². The van der Waals surface area contributed by atoms with Gasteiger partial charge in [-0.2, -0.15) is 4.72 Å². The fourth-order valence-electron chi connectivity index (χ4n) is 2.23. The van der Waals surface area contributed by atoms with E-state index in [1.807, 2.05) is 0 Å². The number of sulfonamides is 1. The number of carbonyl (C=O) groups is 2. The molecule has 7 nitrogen and oxygen atoms in total. The molecule has 0 aromatic heterocycles. The number of amides is 2. The van der Waals surface area contributed by atoms with Crippen LogP contribution in [0.5, 0.6) is 0 Å². The lowest BCUT2D eigenvalue weighted by molar-refractivity contribution is -0.122. The molecule has 1 aromatic rings. The molecular weight excluding hydrogens is 306 g/mol. The summed E-state index contributed by atoms with van der Waals surface area (Å²) < 4.78 is 27.1. The molecular formula is C14H19N3O4S. The number of rotatable bonds is 4. The van der Waals surface area contributed by atoms with Crippen LogP contribution in [0.4, 0.5) is 5.69 Å². The maximum Gasteiger partial charge on any atom is 0.241 e. The summed E-state index contributed by atoms with van der Waals surface area (Å²) >= 11 is 0. The van der Waals surface area contributed by atoms with Gasteiger partial charge in [-0.25, -0.2) is 8.42 Å². The fourth-order valence-corrected chi connectivity index (χ4v) is 3.46. The molecule has 0 spiro atoms. The average molecular weight is 325 g/mol. The number of hydrogen-bond acceptors (Lipinski definition) is 4. The number of benzene rings is 1. The molecule has 2 amide bonds. The van der Waals surface area contributed by atoms with E-state index in [1.165, 1.54) is 31.2 Å². The molecule has 1 aromatic carbocycles. The van der Waals surface area contributed by atoms with Gasteiger partial charge < -0.3 is 10.6 Å². The van der Waals surface area contributed by atoms with E-state index in [4.69, 9.17) is 0 Å². The SMILES string of the molecule is CC(=O)Nc1ccc(S(=O)(=O)NC2CCCCNC2=O)cc1. The maximum absolute atomic E-state index is 12.3. The van der Waals surface area contributed by atoms with Crippen molar-refractivity contribution in [2.45, 2.75) is 37.1 Å². The Kier molecular flexibility index (Phi) is 5.15. The zero-order valence-corrected chi connectivity index (χ0v) is 13.1. The summed E-state index contributed by atoms with van der Waals surface area (Å²) in [5.41, 5.74) is 0.513. The van der Waals surface area contributed by atoms with Crippen molar-refractivity contribution in [2.75, 3.05) is 11.9 Å². The van der Waals surface area contributed by atoms with Gasteiger partial charge in [0.15, 0.2) is 0 Å². The molecule has 3 N–H and O–H groups in total. The third-order valence-corrected chi connectivity index (χ3v) is 4.81. The summed E-state index contributed by atoms with van der Waals surface area (Å²) in [6.45, 7) is 1.94. The third kappa shape index (κ3) is 4.28. The van der Waals surface area contributed by atoms with Crippen molar-refractivity contribution >= 4 is 27.5 Å². The number of hydrogen-bond donors (Lipinski definition) is 3. The van der Waals surface area contributed by atoms with Crippen molar-refractivity contribution in [2.24, 2.45) is 0 Å². The first-order valence-electron chi connectivity index (χ1n) is 7.06. The van der Waals surface area contributed by atoms with Crippen LogP contribution in [0.2, 0.25) is 0 Å². The topological polar surface area (TPSA) is 104 Å². The molecule has 22 heavy (non-hydrogen) atoms. The van der Waals surface area contributed by atoms with Gasteiger partial charge in [-0.1, -0.05) is 0 Å². The molecule has 0 radical (unpaired) electrons. The Morgan fingerprint density at radius 3 is 2.55 bits per heavy atom.